The van der Waals surface area contributed by atoms with Gasteiger partial charge in [0.15, 0.2) is 0 Å². The second kappa shape index (κ2) is 6.22. The first-order valence-corrected chi connectivity index (χ1v) is 8.87. The number of piperidine rings is 2. The number of fused-ring (bicyclic) bond motifs is 3. The van der Waals surface area contributed by atoms with Crippen molar-refractivity contribution in [2.24, 2.45) is 5.92 Å². The quantitative estimate of drug-likeness (QED) is 0.822. The standard InChI is InChI=1S/C18H21ClN4O/c19-14-9-13(17-12(16(14)20)4-1-6-21-17)18(24)22-15-5-8-23-7-2-3-11(15)10-23/h1,4,6,9,11,15H,2-3,5,7-8,10,20H2,(H,22,24). The molecule has 0 aliphatic carbocycles. The van der Waals surface area contributed by atoms with E-state index in [-0.39, 0.29) is 11.9 Å². The zero-order valence-electron chi connectivity index (χ0n) is 13.5. The number of pyridine rings is 1. The predicted molar refractivity (Wildman–Crippen MR) is 96.2 cm³/mol. The van der Waals surface area contributed by atoms with Crippen LogP contribution < -0.4 is 11.1 Å². The number of halogens is 1. The van der Waals surface area contributed by atoms with E-state index in [9.17, 15) is 4.79 Å². The van der Waals surface area contributed by atoms with Gasteiger partial charge < -0.3 is 16.0 Å². The van der Waals surface area contributed by atoms with Gasteiger partial charge in [0.1, 0.15) is 0 Å². The smallest absolute Gasteiger partial charge is 0.253 e. The van der Waals surface area contributed by atoms with Gasteiger partial charge in [0.25, 0.3) is 5.91 Å². The third-order valence-corrected chi connectivity index (χ3v) is 5.62. The van der Waals surface area contributed by atoms with Crippen LogP contribution in [-0.4, -0.2) is 41.5 Å². The maximum atomic E-state index is 12.9. The lowest BCUT2D eigenvalue weighted by atomic mass is 9.85. The average Bonchev–Trinajstić information content (AvgIpc) is 2.61. The van der Waals surface area contributed by atoms with E-state index in [0.29, 0.717) is 27.7 Å². The van der Waals surface area contributed by atoms with Gasteiger partial charge in [-0.1, -0.05) is 11.6 Å². The van der Waals surface area contributed by atoms with Crippen molar-refractivity contribution in [3.8, 4) is 0 Å². The minimum atomic E-state index is -0.107. The number of nitrogens with zero attached hydrogens (tertiary/aromatic N) is 2. The molecule has 3 atom stereocenters. The number of nitrogens with two attached hydrogens (primary N) is 1. The lowest BCUT2D eigenvalue weighted by Crippen LogP contribution is -2.53. The van der Waals surface area contributed by atoms with Crippen molar-refractivity contribution < 1.29 is 4.79 Å². The number of benzene rings is 1. The molecule has 2 saturated heterocycles. The molecule has 1 aromatic carbocycles. The highest BCUT2D eigenvalue weighted by atomic mass is 35.5. The molecule has 5 nitrogen and oxygen atoms in total. The van der Waals surface area contributed by atoms with Crippen LogP contribution >= 0.6 is 11.6 Å². The molecule has 0 radical (unpaired) electrons. The first-order valence-electron chi connectivity index (χ1n) is 8.49. The van der Waals surface area contributed by atoms with Crippen molar-refractivity contribution in [1.82, 2.24) is 15.2 Å². The number of hydrogen-bond donors (Lipinski definition) is 2. The number of anilines is 1. The second-order valence-corrected chi connectivity index (χ2v) is 7.20. The molecule has 4 rings (SSSR count). The van der Waals surface area contributed by atoms with Crippen LogP contribution in [0.2, 0.25) is 5.02 Å². The van der Waals surface area contributed by atoms with Crippen LogP contribution in [0.4, 0.5) is 5.69 Å². The second-order valence-electron chi connectivity index (χ2n) is 6.79. The number of carbonyl (C=O) groups excluding carboxylic acids is 1. The molecule has 3 N–H and O–H groups in total. The molecule has 2 aliphatic heterocycles. The summed E-state index contributed by atoms with van der Waals surface area (Å²) >= 11 is 6.22. The fourth-order valence-corrected chi connectivity index (χ4v) is 4.24. The van der Waals surface area contributed by atoms with Crippen LogP contribution in [0, 0.1) is 5.92 Å². The van der Waals surface area contributed by atoms with Gasteiger partial charge in [0.2, 0.25) is 0 Å². The Kier molecular flexibility index (Phi) is 4.06. The van der Waals surface area contributed by atoms with Crippen molar-refractivity contribution in [2.45, 2.75) is 25.3 Å². The molecule has 2 bridgehead atoms. The first-order chi connectivity index (χ1) is 11.6. The van der Waals surface area contributed by atoms with Gasteiger partial charge in [0.05, 0.1) is 21.8 Å². The Balaban J connectivity index is 1.63. The van der Waals surface area contributed by atoms with E-state index in [0.717, 1.165) is 24.9 Å². The summed E-state index contributed by atoms with van der Waals surface area (Å²) in [6.45, 7) is 3.34. The maximum Gasteiger partial charge on any atom is 0.253 e. The van der Waals surface area contributed by atoms with Gasteiger partial charge in [-0.2, -0.15) is 0 Å². The fourth-order valence-electron chi connectivity index (χ4n) is 4.03. The minimum absolute atomic E-state index is 0.107. The van der Waals surface area contributed by atoms with E-state index >= 15 is 0 Å². The fraction of sp³-hybridized carbons (Fsp3) is 0.444. The van der Waals surface area contributed by atoms with E-state index in [2.05, 4.69) is 15.2 Å². The van der Waals surface area contributed by atoms with Gasteiger partial charge in [-0.25, -0.2) is 0 Å². The van der Waals surface area contributed by atoms with E-state index in [4.69, 9.17) is 17.3 Å². The Hall–Kier alpha value is -1.85. The molecule has 6 heteroatoms. The third kappa shape index (κ3) is 2.72. The largest absolute Gasteiger partial charge is 0.397 e. The van der Waals surface area contributed by atoms with Crippen LogP contribution in [0.5, 0.6) is 0 Å². The Labute approximate surface area is 146 Å². The van der Waals surface area contributed by atoms with Crippen molar-refractivity contribution in [2.75, 3.05) is 25.4 Å². The Bertz CT molecular complexity index is 794. The van der Waals surface area contributed by atoms with Gasteiger partial charge in [-0.05, 0) is 49.9 Å². The molecule has 3 heterocycles. The molecule has 126 valence electrons. The van der Waals surface area contributed by atoms with E-state index in [1.54, 1.807) is 18.3 Å². The van der Waals surface area contributed by atoms with Crippen LogP contribution in [0.3, 0.4) is 0 Å². The lowest BCUT2D eigenvalue weighted by molar-refractivity contribution is 0.0740. The van der Waals surface area contributed by atoms with Gasteiger partial charge in [0, 0.05) is 30.7 Å². The van der Waals surface area contributed by atoms with Gasteiger partial charge in [-0.3, -0.25) is 9.78 Å². The molecule has 2 aromatic rings. The van der Waals surface area contributed by atoms with E-state index < -0.39 is 0 Å². The van der Waals surface area contributed by atoms with Gasteiger partial charge in [-0.15, -0.1) is 0 Å². The Morgan fingerprint density at radius 1 is 1.38 bits per heavy atom. The van der Waals surface area contributed by atoms with Crippen molar-refractivity contribution >= 4 is 34.1 Å². The van der Waals surface area contributed by atoms with Crippen LogP contribution in [0.1, 0.15) is 29.6 Å². The summed E-state index contributed by atoms with van der Waals surface area (Å²) in [5, 5.41) is 4.35. The number of amides is 1. The number of carbonyl (C=O) groups is 1. The number of rotatable bonds is 2. The highest BCUT2D eigenvalue weighted by molar-refractivity contribution is 6.35. The van der Waals surface area contributed by atoms with E-state index in [1.165, 1.54) is 19.4 Å². The zero-order valence-corrected chi connectivity index (χ0v) is 14.2. The SMILES string of the molecule is Nc1c(Cl)cc(C(=O)NC2CCN3CCCC2C3)c2ncccc12. The summed E-state index contributed by atoms with van der Waals surface area (Å²) in [6.07, 6.45) is 5.08. The monoisotopic (exact) mass is 344 g/mol. The number of nitrogen functional groups attached to an aromatic ring is 1. The average molecular weight is 345 g/mol. The zero-order chi connectivity index (χ0) is 16.7. The maximum absolute atomic E-state index is 12.9. The van der Waals surface area contributed by atoms with Crippen molar-refractivity contribution in [3.05, 3.63) is 35.0 Å². The molecule has 1 amide bonds. The minimum Gasteiger partial charge on any atom is -0.397 e. The Morgan fingerprint density at radius 2 is 2.25 bits per heavy atom. The van der Waals surface area contributed by atoms with Gasteiger partial charge >= 0.3 is 0 Å². The summed E-state index contributed by atoms with van der Waals surface area (Å²) in [4.78, 5) is 19.7. The highest BCUT2D eigenvalue weighted by Gasteiger charge is 2.33. The molecular weight excluding hydrogens is 324 g/mol. The van der Waals surface area contributed by atoms with Crippen LogP contribution in [0.25, 0.3) is 10.9 Å². The van der Waals surface area contributed by atoms with Crippen molar-refractivity contribution in [1.29, 1.82) is 0 Å². The first kappa shape index (κ1) is 15.7. The lowest BCUT2D eigenvalue weighted by Gasteiger charge is -2.42. The van der Waals surface area contributed by atoms with E-state index in [1.807, 2.05) is 6.07 Å². The summed E-state index contributed by atoms with van der Waals surface area (Å²) < 4.78 is 0. The molecule has 24 heavy (non-hydrogen) atoms. The summed E-state index contributed by atoms with van der Waals surface area (Å²) in [5.74, 6) is 0.435. The summed E-state index contributed by atoms with van der Waals surface area (Å²) in [6, 6.07) is 5.51. The topological polar surface area (TPSA) is 71.2 Å². The summed E-state index contributed by atoms with van der Waals surface area (Å²) in [7, 11) is 0. The highest BCUT2D eigenvalue weighted by Crippen LogP contribution is 2.31. The van der Waals surface area contributed by atoms with Crippen LogP contribution in [0.15, 0.2) is 24.4 Å². The molecule has 2 aliphatic rings. The van der Waals surface area contributed by atoms with Crippen LogP contribution in [-0.2, 0) is 0 Å². The molecular formula is C18H21ClN4O. The molecule has 3 unspecified atom stereocenters. The predicted octanol–water partition coefficient (Wildman–Crippen LogP) is 2.68. The number of nitrogens with one attached hydrogen (secondary N) is 1. The molecule has 1 aromatic heterocycles. The summed E-state index contributed by atoms with van der Waals surface area (Å²) in [5.41, 5.74) is 7.61. The molecule has 2 fully saturated rings. The number of hydrogen-bond acceptors (Lipinski definition) is 4. The molecule has 0 spiro atoms. The van der Waals surface area contributed by atoms with Crippen molar-refractivity contribution in [3.63, 3.8) is 0 Å². The normalized spacial score (nSPS) is 26.3. The number of aromatic nitrogens is 1. The third-order valence-electron chi connectivity index (χ3n) is 5.31. The Morgan fingerprint density at radius 3 is 3.12 bits per heavy atom. The molecule has 0 saturated carbocycles.